The maximum atomic E-state index is 12.0. The first-order valence-electron chi connectivity index (χ1n) is 5.04. The van der Waals surface area contributed by atoms with Crippen LogP contribution in [-0.2, 0) is 0 Å². The van der Waals surface area contributed by atoms with E-state index in [-0.39, 0.29) is 11.8 Å². The molecule has 2 atom stereocenters. The van der Waals surface area contributed by atoms with Gasteiger partial charge in [-0.15, -0.1) is 0 Å². The van der Waals surface area contributed by atoms with Crippen molar-refractivity contribution in [3.63, 3.8) is 0 Å². The molecule has 0 aliphatic carbocycles. The number of halogens is 3. The first-order chi connectivity index (χ1) is 7.80. The standard InChI is InChI=1S/C11H14F3NO2/c1-7(15)8-3-2-4-9(5-8)17-6-10(16)11(12,13)14/h2-5,7,10,16H,6,15H2,1H3/t7-,10?/m1/s1. The number of hydrogen-bond acceptors (Lipinski definition) is 3. The molecule has 96 valence electrons. The van der Waals surface area contributed by atoms with Crippen LogP contribution in [0.1, 0.15) is 18.5 Å². The molecule has 0 aliphatic rings. The van der Waals surface area contributed by atoms with Gasteiger partial charge in [0.05, 0.1) is 0 Å². The van der Waals surface area contributed by atoms with Gasteiger partial charge in [0.15, 0.2) is 6.10 Å². The maximum Gasteiger partial charge on any atom is 0.417 e. The Morgan fingerprint density at radius 3 is 2.59 bits per heavy atom. The van der Waals surface area contributed by atoms with Crippen molar-refractivity contribution in [3.8, 4) is 5.75 Å². The Morgan fingerprint density at radius 1 is 1.41 bits per heavy atom. The van der Waals surface area contributed by atoms with E-state index in [1.54, 1.807) is 25.1 Å². The zero-order chi connectivity index (χ0) is 13.1. The van der Waals surface area contributed by atoms with Crippen LogP contribution in [0.2, 0.25) is 0 Å². The third-order valence-corrected chi connectivity index (χ3v) is 2.17. The molecule has 0 saturated carbocycles. The van der Waals surface area contributed by atoms with Crippen molar-refractivity contribution >= 4 is 0 Å². The fourth-order valence-corrected chi connectivity index (χ4v) is 1.16. The maximum absolute atomic E-state index is 12.0. The molecule has 1 unspecified atom stereocenters. The van der Waals surface area contributed by atoms with Crippen LogP contribution in [0, 0.1) is 0 Å². The predicted octanol–water partition coefficient (Wildman–Crippen LogP) is 2.01. The van der Waals surface area contributed by atoms with Crippen molar-refractivity contribution in [3.05, 3.63) is 29.8 Å². The number of hydrogen-bond donors (Lipinski definition) is 2. The summed E-state index contributed by atoms with van der Waals surface area (Å²) in [5, 5.41) is 8.75. The van der Waals surface area contributed by atoms with Gasteiger partial charge in [-0.05, 0) is 24.6 Å². The predicted molar refractivity (Wildman–Crippen MR) is 56.6 cm³/mol. The molecule has 0 saturated heterocycles. The topological polar surface area (TPSA) is 55.5 Å². The van der Waals surface area contributed by atoms with Gasteiger partial charge in [-0.2, -0.15) is 13.2 Å². The molecule has 0 fully saturated rings. The van der Waals surface area contributed by atoms with E-state index >= 15 is 0 Å². The summed E-state index contributed by atoms with van der Waals surface area (Å²) in [5.74, 6) is 0.253. The van der Waals surface area contributed by atoms with E-state index in [0.29, 0.717) is 0 Å². The lowest BCUT2D eigenvalue weighted by Gasteiger charge is -2.16. The molecule has 0 bridgehead atoms. The Hall–Kier alpha value is -1.27. The van der Waals surface area contributed by atoms with E-state index in [9.17, 15) is 13.2 Å². The summed E-state index contributed by atoms with van der Waals surface area (Å²) in [6, 6.07) is 6.21. The van der Waals surface area contributed by atoms with E-state index < -0.39 is 18.9 Å². The van der Waals surface area contributed by atoms with Crippen molar-refractivity contribution in [1.29, 1.82) is 0 Å². The molecular weight excluding hydrogens is 235 g/mol. The van der Waals surface area contributed by atoms with Crippen molar-refractivity contribution in [2.45, 2.75) is 25.2 Å². The van der Waals surface area contributed by atoms with Gasteiger partial charge in [0, 0.05) is 6.04 Å². The Balaban J connectivity index is 2.61. The van der Waals surface area contributed by atoms with Crippen molar-refractivity contribution in [2.24, 2.45) is 5.73 Å². The lowest BCUT2D eigenvalue weighted by molar-refractivity contribution is -0.210. The molecule has 1 aromatic rings. The fourth-order valence-electron chi connectivity index (χ4n) is 1.16. The summed E-state index contributed by atoms with van der Waals surface area (Å²) < 4.78 is 40.9. The zero-order valence-electron chi connectivity index (χ0n) is 9.24. The van der Waals surface area contributed by atoms with Crippen LogP contribution in [-0.4, -0.2) is 24.0 Å². The smallest absolute Gasteiger partial charge is 0.417 e. The number of aliphatic hydroxyl groups excluding tert-OH is 1. The van der Waals surface area contributed by atoms with Crippen LogP contribution in [0.3, 0.4) is 0 Å². The van der Waals surface area contributed by atoms with Gasteiger partial charge in [-0.25, -0.2) is 0 Å². The highest BCUT2D eigenvalue weighted by Crippen LogP contribution is 2.22. The molecule has 0 radical (unpaired) electrons. The summed E-state index contributed by atoms with van der Waals surface area (Å²) in [4.78, 5) is 0. The lowest BCUT2D eigenvalue weighted by atomic mass is 10.1. The van der Waals surface area contributed by atoms with Crippen molar-refractivity contribution in [2.75, 3.05) is 6.61 Å². The minimum Gasteiger partial charge on any atom is -0.491 e. The number of ether oxygens (including phenoxy) is 1. The zero-order valence-corrected chi connectivity index (χ0v) is 9.24. The van der Waals surface area contributed by atoms with E-state index in [1.807, 2.05) is 0 Å². The van der Waals surface area contributed by atoms with Gasteiger partial charge < -0.3 is 15.6 Å². The van der Waals surface area contributed by atoms with Crippen LogP contribution in [0.15, 0.2) is 24.3 Å². The molecule has 0 heterocycles. The highest BCUT2D eigenvalue weighted by molar-refractivity contribution is 5.30. The third-order valence-electron chi connectivity index (χ3n) is 2.17. The molecule has 6 heteroatoms. The number of nitrogens with two attached hydrogens (primary N) is 1. The molecule has 17 heavy (non-hydrogen) atoms. The third kappa shape index (κ3) is 4.24. The Kier molecular flexibility index (Phi) is 4.36. The molecule has 3 N–H and O–H groups in total. The first-order valence-corrected chi connectivity index (χ1v) is 5.04. The molecule has 1 rings (SSSR count). The summed E-state index contributed by atoms with van der Waals surface area (Å²) in [6.07, 6.45) is -7.15. The molecule has 0 amide bonds. The number of alkyl halides is 3. The van der Waals surface area contributed by atoms with Crippen LogP contribution in [0.4, 0.5) is 13.2 Å². The van der Waals surface area contributed by atoms with Gasteiger partial charge in [0.2, 0.25) is 0 Å². The molecule has 3 nitrogen and oxygen atoms in total. The fraction of sp³-hybridized carbons (Fsp3) is 0.455. The van der Waals surface area contributed by atoms with Crippen molar-refractivity contribution < 1.29 is 23.0 Å². The van der Waals surface area contributed by atoms with E-state index in [2.05, 4.69) is 0 Å². The molecule has 0 spiro atoms. The normalized spacial score (nSPS) is 15.4. The number of benzene rings is 1. The minimum atomic E-state index is -4.67. The minimum absolute atomic E-state index is 0.230. The monoisotopic (exact) mass is 249 g/mol. The van der Waals surface area contributed by atoms with Gasteiger partial charge in [-0.3, -0.25) is 0 Å². The Bertz CT molecular complexity index is 366. The molecule has 0 aromatic heterocycles. The number of aliphatic hydroxyl groups is 1. The van der Waals surface area contributed by atoms with Crippen molar-refractivity contribution in [1.82, 2.24) is 0 Å². The van der Waals surface area contributed by atoms with Crippen LogP contribution in [0.25, 0.3) is 0 Å². The van der Waals surface area contributed by atoms with Gasteiger partial charge in [0.1, 0.15) is 12.4 Å². The second-order valence-electron chi connectivity index (χ2n) is 3.73. The average molecular weight is 249 g/mol. The number of rotatable bonds is 4. The largest absolute Gasteiger partial charge is 0.491 e. The summed E-state index contributed by atoms with van der Waals surface area (Å²) in [6.45, 7) is 0.926. The van der Waals surface area contributed by atoms with Crippen LogP contribution in [0.5, 0.6) is 5.75 Å². The van der Waals surface area contributed by atoms with Crippen LogP contribution < -0.4 is 10.5 Å². The van der Waals surface area contributed by atoms with E-state index in [1.165, 1.54) is 6.07 Å². The highest BCUT2D eigenvalue weighted by Gasteiger charge is 2.38. The molecule has 0 aliphatic heterocycles. The summed E-state index contributed by atoms with van der Waals surface area (Å²) >= 11 is 0. The van der Waals surface area contributed by atoms with Crippen LogP contribution >= 0.6 is 0 Å². The summed E-state index contributed by atoms with van der Waals surface area (Å²) in [5.41, 5.74) is 6.38. The van der Waals surface area contributed by atoms with E-state index in [0.717, 1.165) is 5.56 Å². The van der Waals surface area contributed by atoms with Gasteiger partial charge in [-0.1, -0.05) is 12.1 Å². The Labute approximate surface area is 97.0 Å². The lowest BCUT2D eigenvalue weighted by Crippen LogP contribution is -2.34. The highest BCUT2D eigenvalue weighted by atomic mass is 19.4. The molecule has 1 aromatic carbocycles. The quantitative estimate of drug-likeness (QED) is 0.858. The summed E-state index contributed by atoms with van der Waals surface area (Å²) in [7, 11) is 0. The SMILES string of the molecule is C[C@@H](N)c1cccc(OCC(O)C(F)(F)F)c1. The van der Waals surface area contributed by atoms with E-state index in [4.69, 9.17) is 15.6 Å². The van der Waals surface area contributed by atoms with Gasteiger partial charge >= 0.3 is 6.18 Å². The second-order valence-corrected chi connectivity index (χ2v) is 3.73. The molecular formula is C11H14F3NO2. The van der Waals surface area contributed by atoms with Gasteiger partial charge in [0.25, 0.3) is 0 Å². The average Bonchev–Trinajstić information content (AvgIpc) is 2.25. The first kappa shape index (κ1) is 13.8. The Morgan fingerprint density at radius 2 is 2.06 bits per heavy atom. The second kappa shape index (κ2) is 5.37.